The number of aromatic nitrogens is 2. The minimum absolute atomic E-state index is 0.0746. The van der Waals surface area contributed by atoms with Crippen molar-refractivity contribution in [1.82, 2.24) is 9.78 Å². The van der Waals surface area contributed by atoms with Crippen molar-refractivity contribution < 1.29 is 9.63 Å². The number of carbonyl (C=O) groups is 1. The fourth-order valence-corrected chi connectivity index (χ4v) is 2.07. The maximum absolute atomic E-state index is 11.5. The van der Waals surface area contributed by atoms with Crippen molar-refractivity contribution in [3.8, 4) is 0 Å². The first kappa shape index (κ1) is 13.6. The van der Waals surface area contributed by atoms with Crippen LogP contribution in [0, 0.1) is 6.92 Å². The molecule has 2 rings (SSSR count). The Morgan fingerprint density at radius 3 is 3.05 bits per heavy atom. The summed E-state index contributed by atoms with van der Waals surface area (Å²) in [6.07, 6.45) is 1.55. The summed E-state index contributed by atoms with van der Waals surface area (Å²) < 4.78 is 1.39. The van der Waals surface area contributed by atoms with Gasteiger partial charge >= 0.3 is 5.97 Å². The van der Waals surface area contributed by atoms with E-state index in [1.54, 1.807) is 19.2 Å². The van der Waals surface area contributed by atoms with Crippen LogP contribution in [-0.2, 0) is 16.2 Å². The first-order chi connectivity index (χ1) is 9.06. The lowest BCUT2D eigenvalue weighted by Crippen LogP contribution is -2.16. The molecule has 6 nitrogen and oxygen atoms in total. The molecule has 0 atom stereocenters. The highest BCUT2D eigenvalue weighted by molar-refractivity contribution is 7.12. The molecule has 0 saturated carbocycles. The molecule has 0 aromatic carbocycles. The van der Waals surface area contributed by atoms with Crippen molar-refractivity contribution >= 4 is 34.7 Å². The average molecular weight is 299 g/mol. The molecule has 2 aromatic heterocycles. The van der Waals surface area contributed by atoms with Crippen molar-refractivity contribution in [3.63, 3.8) is 0 Å². The number of aryl methyl sites for hydroxylation is 1. The van der Waals surface area contributed by atoms with Gasteiger partial charge < -0.3 is 10.6 Å². The van der Waals surface area contributed by atoms with Gasteiger partial charge in [-0.1, -0.05) is 22.8 Å². The van der Waals surface area contributed by atoms with Crippen LogP contribution >= 0.6 is 22.9 Å². The van der Waals surface area contributed by atoms with Gasteiger partial charge in [0, 0.05) is 6.20 Å². The standard InChI is InChI=1S/C11H11ClN4O2S/c1-7-8(12)5-16(14-7)6-10(17)18-15-11(13)9-3-2-4-19-9/h2-5H,6H2,1H3,(H2,13,15). The number of rotatable bonds is 4. The average Bonchev–Trinajstić information content (AvgIpc) is 2.98. The summed E-state index contributed by atoms with van der Waals surface area (Å²) in [4.78, 5) is 17.0. The third-order valence-electron chi connectivity index (χ3n) is 2.20. The van der Waals surface area contributed by atoms with E-state index >= 15 is 0 Å². The third-order valence-corrected chi connectivity index (χ3v) is 3.46. The van der Waals surface area contributed by atoms with Crippen LogP contribution in [0.1, 0.15) is 10.6 Å². The zero-order chi connectivity index (χ0) is 13.8. The Hall–Kier alpha value is -1.86. The predicted molar refractivity (Wildman–Crippen MR) is 73.1 cm³/mol. The molecule has 0 spiro atoms. The summed E-state index contributed by atoms with van der Waals surface area (Å²) in [5, 5.41) is 9.96. The topological polar surface area (TPSA) is 82.5 Å². The van der Waals surface area contributed by atoms with E-state index in [-0.39, 0.29) is 12.4 Å². The van der Waals surface area contributed by atoms with E-state index < -0.39 is 5.97 Å². The van der Waals surface area contributed by atoms with E-state index in [1.165, 1.54) is 16.0 Å². The summed E-state index contributed by atoms with van der Waals surface area (Å²) in [6.45, 7) is 1.67. The number of oxime groups is 1. The van der Waals surface area contributed by atoms with E-state index in [4.69, 9.17) is 22.2 Å². The SMILES string of the molecule is Cc1nn(CC(=O)O/N=C(\N)c2cccs2)cc1Cl. The molecule has 19 heavy (non-hydrogen) atoms. The summed E-state index contributed by atoms with van der Waals surface area (Å²) in [6, 6.07) is 3.62. The fraction of sp³-hybridized carbons (Fsp3) is 0.182. The Kier molecular flexibility index (Phi) is 4.18. The lowest BCUT2D eigenvalue weighted by Gasteiger charge is -1.99. The predicted octanol–water partition coefficient (Wildman–Crippen LogP) is 1.77. The molecule has 0 radical (unpaired) electrons. The monoisotopic (exact) mass is 298 g/mol. The number of amidine groups is 1. The molecule has 100 valence electrons. The highest BCUT2D eigenvalue weighted by atomic mass is 35.5. The summed E-state index contributed by atoms with van der Waals surface area (Å²) in [7, 11) is 0. The Labute approximate surface area is 118 Å². The zero-order valence-electron chi connectivity index (χ0n) is 10.0. The fourth-order valence-electron chi connectivity index (χ4n) is 1.31. The molecule has 0 fully saturated rings. The van der Waals surface area contributed by atoms with Crippen LogP contribution in [0.5, 0.6) is 0 Å². The number of hydrogen-bond acceptors (Lipinski definition) is 5. The Balaban J connectivity index is 1.93. The molecule has 8 heteroatoms. The van der Waals surface area contributed by atoms with Crippen molar-refractivity contribution in [3.05, 3.63) is 39.3 Å². The van der Waals surface area contributed by atoms with Crippen LogP contribution in [-0.4, -0.2) is 21.6 Å². The first-order valence-electron chi connectivity index (χ1n) is 5.33. The van der Waals surface area contributed by atoms with Crippen LogP contribution in [0.25, 0.3) is 0 Å². The van der Waals surface area contributed by atoms with Gasteiger partial charge in [0.15, 0.2) is 5.84 Å². The number of carbonyl (C=O) groups excluding carboxylic acids is 1. The molecular formula is C11H11ClN4O2S. The molecule has 0 aliphatic heterocycles. The Bertz CT molecular complexity index is 587. The zero-order valence-corrected chi connectivity index (χ0v) is 11.6. The van der Waals surface area contributed by atoms with Crippen molar-refractivity contribution in [2.75, 3.05) is 0 Å². The van der Waals surface area contributed by atoms with Gasteiger partial charge in [-0.25, -0.2) is 4.79 Å². The maximum atomic E-state index is 11.5. The molecule has 0 aliphatic rings. The van der Waals surface area contributed by atoms with E-state index in [9.17, 15) is 4.79 Å². The van der Waals surface area contributed by atoms with Crippen LogP contribution in [0.15, 0.2) is 28.9 Å². The molecule has 0 unspecified atom stereocenters. The number of hydrogen-bond donors (Lipinski definition) is 1. The van der Waals surface area contributed by atoms with E-state index in [0.29, 0.717) is 10.7 Å². The van der Waals surface area contributed by atoms with Crippen LogP contribution in [0.2, 0.25) is 5.02 Å². The van der Waals surface area contributed by atoms with Crippen LogP contribution in [0.3, 0.4) is 0 Å². The largest absolute Gasteiger partial charge is 0.380 e. The van der Waals surface area contributed by atoms with Gasteiger partial charge in [0.05, 0.1) is 15.6 Å². The van der Waals surface area contributed by atoms with E-state index in [0.717, 1.165) is 4.88 Å². The van der Waals surface area contributed by atoms with Gasteiger partial charge in [-0.05, 0) is 18.4 Å². The second-order valence-corrected chi connectivity index (χ2v) is 5.03. The Morgan fingerprint density at radius 1 is 1.68 bits per heavy atom. The molecule has 0 bridgehead atoms. The highest BCUT2D eigenvalue weighted by Crippen LogP contribution is 2.12. The molecule has 2 N–H and O–H groups in total. The Morgan fingerprint density at radius 2 is 2.47 bits per heavy atom. The molecule has 0 saturated heterocycles. The highest BCUT2D eigenvalue weighted by Gasteiger charge is 2.09. The lowest BCUT2D eigenvalue weighted by molar-refractivity contribution is -0.144. The van der Waals surface area contributed by atoms with E-state index in [1.807, 2.05) is 11.4 Å². The van der Waals surface area contributed by atoms with Crippen molar-refractivity contribution in [1.29, 1.82) is 0 Å². The van der Waals surface area contributed by atoms with Gasteiger partial charge in [0.1, 0.15) is 6.54 Å². The number of nitrogens with two attached hydrogens (primary N) is 1. The first-order valence-corrected chi connectivity index (χ1v) is 6.59. The number of nitrogens with zero attached hydrogens (tertiary/aromatic N) is 3. The molecule has 2 heterocycles. The smallest absolute Gasteiger partial charge is 0.356 e. The third kappa shape index (κ3) is 3.55. The van der Waals surface area contributed by atoms with Crippen molar-refractivity contribution in [2.45, 2.75) is 13.5 Å². The maximum Gasteiger partial charge on any atom is 0.356 e. The van der Waals surface area contributed by atoms with Gasteiger partial charge in [-0.15, -0.1) is 11.3 Å². The quantitative estimate of drug-likeness (QED) is 0.403. The normalized spacial score (nSPS) is 11.6. The molecule has 2 aromatic rings. The van der Waals surface area contributed by atoms with Gasteiger partial charge in [-0.3, -0.25) is 4.68 Å². The minimum atomic E-state index is -0.571. The second kappa shape index (κ2) is 5.85. The van der Waals surface area contributed by atoms with E-state index in [2.05, 4.69) is 10.3 Å². The van der Waals surface area contributed by atoms with Crippen LogP contribution in [0.4, 0.5) is 0 Å². The molecule has 0 aliphatic carbocycles. The minimum Gasteiger partial charge on any atom is -0.380 e. The van der Waals surface area contributed by atoms with Gasteiger partial charge in [0.25, 0.3) is 0 Å². The van der Waals surface area contributed by atoms with Crippen molar-refractivity contribution in [2.24, 2.45) is 10.9 Å². The lowest BCUT2D eigenvalue weighted by atomic mass is 10.4. The number of halogens is 1. The summed E-state index contributed by atoms with van der Waals surface area (Å²) >= 11 is 7.24. The summed E-state index contributed by atoms with van der Waals surface area (Å²) in [5.41, 5.74) is 6.30. The van der Waals surface area contributed by atoms with Gasteiger partial charge in [-0.2, -0.15) is 5.10 Å². The van der Waals surface area contributed by atoms with Gasteiger partial charge in [0.2, 0.25) is 0 Å². The summed E-state index contributed by atoms with van der Waals surface area (Å²) in [5.74, 6) is -0.406. The number of thiophene rings is 1. The molecule has 0 amide bonds. The molecular weight excluding hydrogens is 288 g/mol. The van der Waals surface area contributed by atoms with Crippen LogP contribution < -0.4 is 5.73 Å². The second-order valence-electron chi connectivity index (χ2n) is 3.68.